The number of carbonyl (C=O) groups is 1. The minimum Gasteiger partial charge on any atom is -0.497 e. The predicted molar refractivity (Wildman–Crippen MR) is 115 cm³/mol. The van der Waals surface area contributed by atoms with Crippen molar-refractivity contribution in [2.75, 3.05) is 13.7 Å². The van der Waals surface area contributed by atoms with Gasteiger partial charge in [-0.25, -0.2) is 4.68 Å². The average Bonchev–Trinajstić information content (AvgIpc) is 3.41. The summed E-state index contributed by atoms with van der Waals surface area (Å²) in [4.78, 5) is 13.0. The number of benzene rings is 2. The molecular formula is C24H23N3O3. The number of aryl methyl sites for hydroxylation is 1. The summed E-state index contributed by atoms with van der Waals surface area (Å²) in [6.45, 7) is 2.41. The molecule has 2 aromatic carbocycles. The van der Waals surface area contributed by atoms with Gasteiger partial charge in [0.25, 0.3) is 5.91 Å². The number of methoxy groups -OCH3 is 1. The van der Waals surface area contributed by atoms with Crippen molar-refractivity contribution >= 4 is 5.91 Å². The van der Waals surface area contributed by atoms with Gasteiger partial charge in [-0.05, 0) is 55.3 Å². The lowest BCUT2D eigenvalue weighted by atomic mass is 10.1. The Labute approximate surface area is 175 Å². The Kier molecular flexibility index (Phi) is 5.66. The predicted octanol–water partition coefficient (Wildman–Crippen LogP) is 4.42. The summed E-state index contributed by atoms with van der Waals surface area (Å²) in [6, 6.07) is 22.9. The maximum atomic E-state index is 13.0. The molecule has 6 nitrogen and oxygen atoms in total. The Morgan fingerprint density at radius 3 is 2.50 bits per heavy atom. The van der Waals surface area contributed by atoms with Crippen LogP contribution in [0.25, 0.3) is 17.1 Å². The van der Waals surface area contributed by atoms with E-state index in [0.717, 1.165) is 23.6 Å². The first-order chi connectivity index (χ1) is 14.6. The van der Waals surface area contributed by atoms with Crippen molar-refractivity contribution in [2.24, 2.45) is 0 Å². The molecule has 6 heteroatoms. The molecule has 0 fully saturated rings. The van der Waals surface area contributed by atoms with Crippen LogP contribution in [0.4, 0.5) is 0 Å². The molecule has 0 spiro atoms. The topological polar surface area (TPSA) is 69.3 Å². The van der Waals surface area contributed by atoms with Crippen molar-refractivity contribution in [1.29, 1.82) is 0 Å². The molecule has 0 saturated carbocycles. The Morgan fingerprint density at radius 1 is 1.07 bits per heavy atom. The number of nitrogens with zero attached hydrogens (tertiary/aromatic N) is 2. The van der Waals surface area contributed by atoms with E-state index < -0.39 is 0 Å². The highest BCUT2D eigenvalue weighted by Crippen LogP contribution is 2.24. The Bertz CT molecular complexity index is 1130. The maximum Gasteiger partial charge on any atom is 0.270 e. The van der Waals surface area contributed by atoms with Crippen LogP contribution in [0.3, 0.4) is 0 Å². The molecule has 0 aliphatic carbocycles. The van der Waals surface area contributed by atoms with Gasteiger partial charge < -0.3 is 14.5 Å². The molecule has 0 atom stereocenters. The van der Waals surface area contributed by atoms with E-state index in [0.29, 0.717) is 23.7 Å². The number of rotatable bonds is 7. The van der Waals surface area contributed by atoms with Gasteiger partial charge in [0.2, 0.25) is 0 Å². The van der Waals surface area contributed by atoms with Crippen LogP contribution in [0.2, 0.25) is 0 Å². The van der Waals surface area contributed by atoms with Crippen LogP contribution in [0.15, 0.2) is 77.2 Å². The standard InChI is InChI=1S/C24H23N3O3/c1-17-8-13-23(30-17)21-16-22(24(28)25-15-14-18-6-4-3-5-7-18)27(26-21)19-9-11-20(29-2)12-10-19/h3-13,16H,14-15H2,1-2H3,(H,25,28). The van der Waals surface area contributed by atoms with E-state index in [1.807, 2.05) is 73.7 Å². The molecule has 0 saturated heterocycles. The lowest BCUT2D eigenvalue weighted by Gasteiger charge is -2.09. The number of nitrogens with one attached hydrogen (secondary N) is 1. The van der Waals surface area contributed by atoms with Crippen molar-refractivity contribution in [3.05, 3.63) is 89.8 Å². The summed E-state index contributed by atoms with van der Waals surface area (Å²) in [7, 11) is 1.62. The molecule has 0 aliphatic rings. The summed E-state index contributed by atoms with van der Waals surface area (Å²) in [6.07, 6.45) is 0.757. The largest absolute Gasteiger partial charge is 0.497 e. The van der Waals surface area contributed by atoms with Gasteiger partial charge in [0.05, 0.1) is 12.8 Å². The lowest BCUT2D eigenvalue weighted by molar-refractivity contribution is 0.0946. The third kappa shape index (κ3) is 4.27. The molecule has 0 unspecified atom stereocenters. The quantitative estimate of drug-likeness (QED) is 0.498. The van der Waals surface area contributed by atoms with Crippen molar-refractivity contribution in [3.63, 3.8) is 0 Å². The summed E-state index contributed by atoms with van der Waals surface area (Å²) < 4.78 is 12.6. The molecule has 1 amide bonds. The lowest BCUT2D eigenvalue weighted by Crippen LogP contribution is -2.27. The Morgan fingerprint density at radius 2 is 1.83 bits per heavy atom. The van der Waals surface area contributed by atoms with E-state index in [2.05, 4.69) is 10.4 Å². The fourth-order valence-electron chi connectivity index (χ4n) is 3.21. The van der Waals surface area contributed by atoms with Crippen LogP contribution in [0.1, 0.15) is 21.8 Å². The molecule has 0 bridgehead atoms. The van der Waals surface area contributed by atoms with Gasteiger partial charge in [-0.3, -0.25) is 4.79 Å². The molecule has 1 N–H and O–H groups in total. The zero-order valence-corrected chi connectivity index (χ0v) is 17.0. The van der Waals surface area contributed by atoms with Crippen LogP contribution < -0.4 is 10.1 Å². The van der Waals surface area contributed by atoms with Crippen LogP contribution in [-0.4, -0.2) is 29.3 Å². The number of carbonyl (C=O) groups excluding carboxylic acids is 1. The van der Waals surface area contributed by atoms with Gasteiger partial charge in [0.1, 0.15) is 22.9 Å². The number of hydrogen-bond donors (Lipinski definition) is 1. The van der Waals surface area contributed by atoms with Crippen LogP contribution in [0.5, 0.6) is 5.75 Å². The second kappa shape index (κ2) is 8.69. The molecule has 30 heavy (non-hydrogen) atoms. The number of aromatic nitrogens is 2. The highest BCUT2D eigenvalue weighted by molar-refractivity contribution is 5.94. The van der Waals surface area contributed by atoms with Gasteiger partial charge in [-0.15, -0.1) is 0 Å². The Balaban J connectivity index is 1.60. The SMILES string of the molecule is COc1ccc(-n2nc(-c3ccc(C)o3)cc2C(=O)NCCc2ccccc2)cc1. The highest BCUT2D eigenvalue weighted by atomic mass is 16.5. The van der Waals surface area contributed by atoms with E-state index >= 15 is 0 Å². The molecular weight excluding hydrogens is 378 g/mol. The van der Waals surface area contributed by atoms with E-state index in [4.69, 9.17) is 9.15 Å². The smallest absolute Gasteiger partial charge is 0.270 e. The van der Waals surface area contributed by atoms with Crippen molar-refractivity contribution in [3.8, 4) is 22.9 Å². The number of ether oxygens (including phenoxy) is 1. The summed E-state index contributed by atoms with van der Waals surface area (Å²) in [5, 5.41) is 7.62. The van der Waals surface area contributed by atoms with Crippen molar-refractivity contribution in [1.82, 2.24) is 15.1 Å². The van der Waals surface area contributed by atoms with Crippen LogP contribution in [0, 0.1) is 6.92 Å². The van der Waals surface area contributed by atoms with Crippen molar-refractivity contribution in [2.45, 2.75) is 13.3 Å². The summed E-state index contributed by atoms with van der Waals surface area (Å²) in [5.74, 6) is 1.96. The van der Waals surface area contributed by atoms with Gasteiger partial charge in [0, 0.05) is 12.6 Å². The zero-order chi connectivity index (χ0) is 20.9. The average molecular weight is 401 g/mol. The van der Waals surface area contributed by atoms with Gasteiger partial charge in [-0.1, -0.05) is 30.3 Å². The summed E-state index contributed by atoms with van der Waals surface area (Å²) in [5.41, 5.74) is 2.98. The number of hydrogen-bond acceptors (Lipinski definition) is 4. The normalized spacial score (nSPS) is 10.7. The first kappa shape index (κ1) is 19.5. The molecule has 4 rings (SSSR count). The highest BCUT2D eigenvalue weighted by Gasteiger charge is 2.19. The minimum atomic E-state index is -0.191. The molecule has 0 aliphatic heterocycles. The second-order valence-electron chi connectivity index (χ2n) is 6.93. The van der Waals surface area contributed by atoms with Crippen molar-refractivity contribution < 1.29 is 13.9 Å². The fraction of sp³-hybridized carbons (Fsp3) is 0.167. The van der Waals surface area contributed by atoms with Gasteiger partial charge in [-0.2, -0.15) is 5.10 Å². The second-order valence-corrected chi connectivity index (χ2v) is 6.93. The third-order valence-electron chi connectivity index (χ3n) is 4.79. The zero-order valence-electron chi connectivity index (χ0n) is 17.0. The van der Waals surface area contributed by atoms with E-state index in [-0.39, 0.29) is 5.91 Å². The number of amides is 1. The molecule has 152 valence electrons. The van der Waals surface area contributed by atoms with E-state index in [1.165, 1.54) is 5.56 Å². The van der Waals surface area contributed by atoms with Crippen LogP contribution >= 0.6 is 0 Å². The van der Waals surface area contributed by atoms with E-state index in [9.17, 15) is 4.79 Å². The molecule has 2 aromatic heterocycles. The third-order valence-corrected chi connectivity index (χ3v) is 4.79. The molecule has 0 radical (unpaired) electrons. The first-order valence-corrected chi connectivity index (χ1v) is 9.77. The maximum absolute atomic E-state index is 13.0. The van der Waals surface area contributed by atoms with E-state index in [1.54, 1.807) is 17.9 Å². The molecule has 4 aromatic rings. The summed E-state index contributed by atoms with van der Waals surface area (Å²) >= 11 is 0. The van der Waals surface area contributed by atoms with Gasteiger partial charge >= 0.3 is 0 Å². The fourth-order valence-corrected chi connectivity index (χ4v) is 3.21. The van der Waals surface area contributed by atoms with Crippen LogP contribution in [-0.2, 0) is 6.42 Å². The van der Waals surface area contributed by atoms with Gasteiger partial charge in [0.15, 0.2) is 5.76 Å². The number of furan rings is 1. The Hall–Kier alpha value is -3.80. The minimum absolute atomic E-state index is 0.191. The monoisotopic (exact) mass is 401 g/mol. The first-order valence-electron chi connectivity index (χ1n) is 9.77. The molecule has 2 heterocycles.